The fourth-order valence-electron chi connectivity index (χ4n) is 1.94. The van der Waals surface area contributed by atoms with Crippen molar-refractivity contribution in [3.63, 3.8) is 0 Å². The number of anilines is 1. The van der Waals surface area contributed by atoms with E-state index < -0.39 is 0 Å². The van der Waals surface area contributed by atoms with Crippen LogP contribution in [-0.4, -0.2) is 17.5 Å². The van der Waals surface area contributed by atoms with E-state index in [0.717, 1.165) is 6.54 Å². The zero-order valence-corrected chi connectivity index (χ0v) is 12.2. The van der Waals surface area contributed by atoms with Gasteiger partial charge >= 0.3 is 0 Å². The van der Waals surface area contributed by atoms with Crippen molar-refractivity contribution in [2.75, 3.05) is 18.1 Å². The molecule has 0 spiro atoms. The lowest BCUT2D eigenvalue weighted by Gasteiger charge is -2.20. The molecule has 1 aliphatic rings. The maximum Gasteiger partial charge on any atom is 0.0340 e. The zero-order chi connectivity index (χ0) is 12.5. The molecule has 1 nitrogen and oxygen atoms in total. The molecule has 0 heterocycles. The number of rotatable bonds is 4. The average Bonchev–Trinajstić information content (AvgIpc) is 3.06. The van der Waals surface area contributed by atoms with Gasteiger partial charge in [0.05, 0.1) is 0 Å². The van der Waals surface area contributed by atoms with Crippen molar-refractivity contribution in [2.45, 2.75) is 43.8 Å². The van der Waals surface area contributed by atoms with Crippen LogP contribution in [0.3, 0.4) is 0 Å². The molecule has 1 N–H and O–H groups in total. The Morgan fingerprint density at radius 3 is 2.18 bits per heavy atom. The van der Waals surface area contributed by atoms with Gasteiger partial charge in [-0.05, 0) is 42.2 Å². The first kappa shape index (κ1) is 12.8. The summed E-state index contributed by atoms with van der Waals surface area (Å²) in [4.78, 5) is 0. The van der Waals surface area contributed by atoms with E-state index in [0.29, 0.717) is 4.75 Å². The van der Waals surface area contributed by atoms with E-state index in [2.05, 4.69) is 56.6 Å². The number of benzene rings is 1. The first-order valence-electron chi connectivity index (χ1n) is 6.35. The highest BCUT2D eigenvalue weighted by atomic mass is 32.2. The monoisotopic (exact) mass is 249 g/mol. The van der Waals surface area contributed by atoms with Gasteiger partial charge in [0, 0.05) is 17.0 Å². The fraction of sp³-hybridized carbons (Fsp3) is 0.600. The predicted molar refractivity (Wildman–Crippen MR) is 79.1 cm³/mol. The van der Waals surface area contributed by atoms with Crippen LogP contribution in [0.5, 0.6) is 0 Å². The molecule has 1 saturated carbocycles. The predicted octanol–water partition coefficient (Wildman–Crippen LogP) is 4.29. The maximum atomic E-state index is 3.56. The largest absolute Gasteiger partial charge is 0.384 e. The lowest BCUT2D eigenvalue weighted by atomic mass is 9.87. The van der Waals surface area contributed by atoms with Crippen LogP contribution in [-0.2, 0) is 5.41 Å². The lowest BCUT2D eigenvalue weighted by Crippen LogP contribution is -2.17. The van der Waals surface area contributed by atoms with Gasteiger partial charge in [-0.2, -0.15) is 11.8 Å². The van der Waals surface area contributed by atoms with Crippen LogP contribution in [0, 0.1) is 0 Å². The van der Waals surface area contributed by atoms with Crippen molar-refractivity contribution in [1.29, 1.82) is 0 Å². The molecule has 17 heavy (non-hydrogen) atoms. The summed E-state index contributed by atoms with van der Waals surface area (Å²) < 4.78 is 0.530. The van der Waals surface area contributed by atoms with Gasteiger partial charge in [0.1, 0.15) is 0 Å². The van der Waals surface area contributed by atoms with E-state index in [1.165, 1.54) is 24.1 Å². The maximum absolute atomic E-state index is 3.56. The van der Waals surface area contributed by atoms with Crippen molar-refractivity contribution in [1.82, 2.24) is 0 Å². The van der Waals surface area contributed by atoms with Gasteiger partial charge in [-0.25, -0.2) is 0 Å². The molecule has 1 aromatic carbocycles. The third kappa shape index (κ3) is 3.19. The molecule has 0 atom stereocenters. The first-order valence-corrected chi connectivity index (χ1v) is 7.57. The van der Waals surface area contributed by atoms with E-state index in [1.54, 1.807) is 0 Å². The summed E-state index contributed by atoms with van der Waals surface area (Å²) in [7, 11) is 0. The topological polar surface area (TPSA) is 12.0 Å². The Morgan fingerprint density at radius 2 is 1.76 bits per heavy atom. The zero-order valence-electron chi connectivity index (χ0n) is 11.3. The highest BCUT2D eigenvalue weighted by Crippen LogP contribution is 2.47. The average molecular weight is 249 g/mol. The molecule has 1 fully saturated rings. The smallest absolute Gasteiger partial charge is 0.0340 e. The summed E-state index contributed by atoms with van der Waals surface area (Å²) in [5.41, 5.74) is 2.89. The second-order valence-electron chi connectivity index (χ2n) is 6.07. The van der Waals surface area contributed by atoms with Crippen molar-refractivity contribution in [3.05, 3.63) is 29.8 Å². The Hall–Kier alpha value is -0.630. The van der Waals surface area contributed by atoms with Gasteiger partial charge in [-0.15, -0.1) is 0 Å². The molecule has 0 saturated heterocycles. The van der Waals surface area contributed by atoms with Gasteiger partial charge in [-0.3, -0.25) is 0 Å². The fourth-order valence-corrected chi connectivity index (χ4v) is 2.67. The Labute approximate surface area is 109 Å². The summed E-state index contributed by atoms with van der Waals surface area (Å²) >= 11 is 2.00. The van der Waals surface area contributed by atoms with Crippen molar-refractivity contribution in [2.24, 2.45) is 0 Å². The van der Waals surface area contributed by atoms with Crippen LogP contribution >= 0.6 is 11.8 Å². The number of nitrogens with one attached hydrogen (secondary N) is 1. The van der Waals surface area contributed by atoms with Crippen LogP contribution in [0.1, 0.15) is 39.2 Å². The van der Waals surface area contributed by atoms with Gasteiger partial charge in [0.15, 0.2) is 0 Å². The quantitative estimate of drug-likeness (QED) is 0.854. The second-order valence-corrected chi connectivity index (χ2v) is 7.34. The standard InChI is InChI=1S/C15H23NS/c1-14(2,3)12-5-7-13(8-6-12)16-11-15(17-4)9-10-15/h5-8,16H,9-11H2,1-4H3. The highest BCUT2D eigenvalue weighted by molar-refractivity contribution is 8.00. The van der Waals surface area contributed by atoms with Crippen molar-refractivity contribution < 1.29 is 0 Å². The Bertz CT molecular complexity index is 371. The SMILES string of the molecule is CSC1(CNc2ccc(C(C)(C)C)cc2)CC1. The van der Waals surface area contributed by atoms with E-state index >= 15 is 0 Å². The molecule has 2 rings (SSSR count). The number of hydrogen-bond acceptors (Lipinski definition) is 2. The molecule has 2 heteroatoms. The van der Waals surface area contributed by atoms with E-state index in [9.17, 15) is 0 Å². The van der Waals surface area contributed by atoms with Crippen molar-refractivity contribution in [3.8, 4) is 0 Å². The van der Waals surface area contributed by atoms with E-state index in [1.807, 2.05) is 11.8 Å². The van der Waals surface area contributed by atoms with Gasteiger partial charge < -0.3 is 5.32 Å². The molecule has 0 aromatic heterocycles. The summed E-state index contributed by atoms with van der Waals surface area (Å²) in [6.07, 6.45) is 4.94. The minimum atomic E-state index is 0.246. The molecule has 0 unspecified atom stereocenters. The molecular weight excluding hydrogens is 226 g/mol. The minimum absolute atomic E-state index is 0.246. The van der Waals surface area contributed by atoms with Crippen LogP contribution in [0.15, 0.2) is 24.3 Å². The van der Waals surface area contributed by atoms with Gasteiger partial charge in [0.2, 0.25) is 0 Å². The molecule has 0 aliphatic heterocycles. The molecule has 94 valence electrons. The highest BCUT2D eigenvalue weighted by Gasteiger charge is 2.41. The van der Waals surface area contributed by atoms with E-state index in [-0.39, 0.29) is 5.41 Å². The first-order chi connectivity index (χ1) is 7.95. The van der Waals surface area contributed by atoms with Crippen LogP contribution in [0.4, 0.5) is 5.69 Å². The summed E-state index contributed by atoms with van der Waals surface area (Å²) in [6.45, 7) is 7.86. The van der Waals surface area contributed by atoms with Gasteiger partial charge in [-0.1, -0.05) is 32.9 Å². The lowest BCUT2D eigenvalue weighted by molar-refractivity contribution is 0.590. The molecule has 1 aromatic rings. The third-order valence-electron chi connectivity index (χ3n) is 3.61. The minimum Gasteiger partial charge on any atom is -0.384 e. The van der Waals surface area contributed by atoms with Crippen LogP contribution in [0.25, 0.3) is 0 Å². The summed E-state index contributed by atoms with van der Waals surface area (Å²) in [5, 5.41) is 3.56. The molecular formula is C15H23NS. The normalized spacial score (nSPS) is 17.9. The summed E-state index contributed by atoms with van der Waals surface area (Å²) in [6, 6.07) is 8.88. The third-order valence-corrected chi connectivity index (χ3v) is 5.02. The molecule has 0 bridgehead atoms. The summed E-state index contributed by atoms with van der Waals surface area (Å²) in [5.74, 6) is 0. The van der Waals surface area contributed by atoms with Crippen LogP contribution < -0.4 is 5.32 Å². The molecule has 0 amide bonds. The molecule has 0 radical (unpaired) electrons. The number of thioether (sulfide) groups is 1. The Kier molecular flexibility index (Phi) is 3.44. The van der Waals surface area contributed by atoms with Gasteiger partial charge in [0.25, 0.3) is 0 Å². The Morgan fingerprint density at radius 1 is 1.18 bits per heavy atom. The number of hydrogen-bond donors (Lipinski definition) is 1. The van der Waals surface area contributed by atoms with Crippen molar-refractivity contribution >= 4 is 17.4 Å². The second kappa shape index (κ2) is 4.56. The Balaban J connectivity index is 1.94. The molecule has 1 aliphatic carbocycles. The van der Waals surface area contributed by atoms with Crippen LogP contribution in [0.2, 0.25) is 0 Å². The van der Waals surface area contributed by atoms with E-state index in [4.69, 9.17) is 0 Å².